The molecule has 4 saturated carbocycles. The Morgan fingerprint density at radius 3 is 2.38 bits per heavy atom. The highest BCUT2D eigenvalue weighted by Gasteiger charge is 2.66. The zero-order chi connectivity index (χ0) is 55.5. The van der Waals surface area contributed by atoms with Crippen molar-refractivity contribution in [3.8, 4) is 63.2 Å². The number of aliphatic hydroxyl groups excluding tert-OH is 2. The first-order chi connectivity index (χ1) is 39.5. The number of aromatic hydroxyl groups is 3. The van der Waals surface area contributed by atoms with Crippen molar-refractivity contribution in [2.45, 2.75) is 171 Å². The molecular formula is C68H82N2O11. The van der Waals surface area contributed by atoms with Gasteiger partial charge in [0.25, 0.3) is 0 Å². The monoisotopic (exact) mass is 1100 g/mol. The van der Waals surface area contributed by atoms with Gasteiger partial charge < -0.3 is 54.0 Å². The lowest BCUT2D eigenvalue weighted by Crippen LogP contribution is -2.74. The van der Waals surface area contributed by atoms with E-state index < -0.39 is 36.3 Å². The molecule has 5 fully saturated rings. The van der Waals surface area contributed by atoms with Crippen LogP contribution in [0.4, 0.5) is 0 Å². The second kappa shape index (κ2) is 22.5. The van der Waals surface area contributed by atoms with E-state index in [1.807, 2.05) is 55.5 Å². The van der Waals surface area contributed by atoms with E-state index in [-0.39, 0.29) is 66.2 Å². The van der Waals surface area contributed by atoms with Gasteiger partial charge in [-0.15, -0.1) is 0 Å². The summed E-state index contributed by atoms with van der Waals surface area (Å²) >= 11 is 0. The van der Waals surface area contributed by atoms with E-state index in [1.54, 1.807) is 31.4 Å². The number of phenols is 3. The largest absolute Gasteiger partial charge is 0.508 e. The molecule has 0 amide bonds. The van der Waals surface area contributed by atoms with Crippen molar-refractivity contribution >= 4 is 10.8 Å². The predicted molar refractivity (Wildman–Crippen MR) is 310 cm³/mol. The summed E-state index contributed by atoms with van der Waals surface area (Å²) in [6.45, 7) is 3.36. The van der Waals surface area contributed by atoms with Gasteiger partial charge in [0, 0.05) is 84.0 Å². The van der Waals surface area contributed by atoms with Crippen LogP contribution in [0.25, 0.3) is 21.9 Å². The van der Waals surface area contributed by atoms with Gasteiger partial charge in [-0.05, 0) is 178 Å². The molecule has 430 valence electrons. The lowest BCUT2D eigenvalue weighted by Gasteiger charge is -2.54. The molecule has 0 radical (unpaired) electrons. The summed E-state index contributed by atoms with van der Waals surface area (Å²) in [4.78, 5) is 0. The Bertz CT molecular complexity index is 3190. The van der Waals surface area contributed by atoms with Crippen molar-refractivity contribution in [3.05, 3.63) is 101 Å². The number of phenolic OH excluding ortho intramolecular Hbond substituents is 3. The van der Waals surface area contributed by atoms with Crippen LogP contribution >= 0.6 is 0 Å². The fourth-order valence-electron chi connectivity index (χ4n) is 16.9. The minimum Gasteiger partial charge on any atom is -0.508 e. The normalized spacial score (nSPS) is 29.0. The molecule has 81 heavy (non-hydrogen) atoms. The third kappa shape index (κ3) is 10.1. The van der Waals surface area contributed by atoms with E-state index in [1.165, 1.54) is 57.8 Å². The van der Waals surface area contributed by atoms with E-state index in [4.69, 9.17) is 28.4 Å². The number of benzene rings is 5. The number of ether oxygens (including phenoxy) is 6. The van der Waals surface area contributed by atoms with E-state index in [0.29, 0.717) is 84.6 Å². The molecule has 0 aromatic heterocycles. The Morgan fingerprint density at radius 2 is 1.59 bits per heavy atom. The minimum absolute atomic E-state index is 0.0338. The lowest BCUT2D eigenvalue weighted by atomic mass is 9.71. The molecular weight excluding hydrogens is 1020 g/mol. The Morgan fingerprint density at radius 1 is 0.778 bits per heavy atom. The van der Waals surface area contributed by atoms with E-state index in [9.17, 15) is 25.5 Å². The Kier molecular flexibility index (Phi) is 15.1. The van der Waals surface area contributed by atoms with Crippen LogP contribution in [0.15, 0.2) is 72.8 Å². The number of rotatable bonds is 13. The highest BCUT2D eigenvalue weighted by molar-refractivity contribution is 5.96. The zero-order valence-electron chi connectivity index (χ0n) is 47.3. The summed E-state index contributed by atoms with van der Waals surface area (Å²) in [6, 6.07) is 22.1. The zero-order valence-corrected chi connectivity index (χ0v) is 47.3. The summed E-state index contributed by atoms with van der Waals surface area (Å²) in [5.41, 5.74) is 5.66. The molecule has 3 spiro atoms. The summed E-state index contributed by atoms with van der Waals surface area (Å²) in [6.07, 6.45) is 16.1. The summed E-state index contributed by atoms with van der Waals surface area (Å²) in [5.74, 6) is 8.70. The number of hydrogen-bond acceptors (Lipinski definition) is 13. The fraction of sp³-hybridized carbons (Fsp3) is 0.559. The van der Waals surface area contributed by atoms with Gasteiger partial charge in [0.05, 0.1) is 42.6 Å². The maximum absolute atomic E-state index is 13.5. The average Bonchev–Trinajstić information content (AvgIpc) is 4.51. The fourth-order valence-corrected chi connectivity index (χ4v) is 16.9. The topological polar surface area (TPSA) is 181 Å². The first-order valence-electron chi connectivity index (χ1n) is 30.6. The molecule has 7 N–H and O–H groups in total. The smallest absolute Gasteiger partial charge is 0.149 e. The summed E-state index contributed by atoms with van der Waals surface area (Å²) in [7, 11) is 1.71. The number of aryl methyl sites for hydroxylation is 1. The van der Waals surface area contributed by atoms with Crippen LogP contribution in [0.3, 0.4) is 0 Å². The van der Waals surface area contributed by atoms with E-state index in [2.05, 4.69) is 22.5 Å². The molecule has 9 unspecified atom stereocenters. The number of methoxy groups -OCH3 is 1. The lowest BCUT2D eigenvalue weighted by molar-refractivity contribution is -0.151. The molecule has 4 aliphatic heterocycles. The average molecular weight is 1100 g/mol. The predicted octanol–water partition coefficient (Wildman–Crippen LogP) is 11.6. The van der Waals surface area contributed by atoms with Gasteiger partial charge in [-0.2, -0.15) is 0 Å². The van der Waals surface area contributed by atoms with Gasteiger partial charge in [0.2, 0.25) is 0 Å². The van der Waals surface area contributed by atoms with Crippen LogP contribution in [0.2, 0.25) is 0 Å². The van der Waals surface area contributed by atoms with Gasteiger partial charge in [-0.3, -0.25) is 10.6 Å². The SMILES string of the molecule is CCc1cc(-c2cccc(O)c2)c(Cc2cc(OC3CCCC3)cc3c2OCC(C2C(CCCOC)Oc4c5cc(c6cc(O)ccc46)OCC#CC4CNC6(CC7(CCCC7)CC67CCCC7)NC4C(CCO)OC52)C3O)cc1O. The highest BCUT2D eigenvalue weighted by Crippen LogP contribution is 2.67. The van der Waals surface area contributed by atoms with Crippen LogP contribution in [0, 0.1) is 40.4 Å². The quantitative estimate of drug-likeness (QED) is 0.0438. The number of nitrogens with one attached hydrogen (secondary N) is 2. The molecule has 8 aliphatic rings. The third-order valence-corrected chi connectivity index (χ3v) is 20.6. The van der Waals surface area contributed by atoms with Gasteiger partial charge in [-0.25, -0.2) is 0 Å². The molecule has 5 aromatic carbocycles. The van der Waals surface area contributed by atoms with Gasteiger partial charge in [0.15, 0.2) is 0 Å². The Hall–Kier alpha value is -5.72. The molecule has 2 bridgehead atoms. The maximum atomic E-state index is 13.5. The van der Waals surface area contributed by atoms with Crippen LogP contribution in [-0.4, -0.2) is 95.6 Å². The van der Waals surface area contributed by atoms with Crippen LogP contribution < -0.4 is 29.6 Å². The third-order valence-electron chi connectivity index (χ3n) is 20.6. The molecule has 13 rings (SSSR count). The second-order valence-corrected chi connectivity index (χ2v) is 25.4. The van der Waals surface area contributed by atoms with Crippen molar-refractivity contribution in [2.75, 3.05) is 40.1 Å². The number of aliphatic hydroxyl groups is 2. The first kappa shape index (κ1) is 54.5. The maximum Gasteiger partial charge on any atom is 0.149 e. The van der Waals surface area contributed by atoms with Crippen LogP contribution in [0.1, 0.15) is 156 Å². The highest BCUT2D eigenvalue weighted by atomic mass is 16.5. The molecule has 9 atom stereocenters. The van der Waals surface area contributed by atoms with E-state index in [0.717, 1.165) is 70.9 Å². The van der Waals surface area contributed by atoms with E-state index >= 15 is 0 Å². The van der Waals surface area contributed by atoms with Crippen molar-refractivity contribution in [1.29, 1.82) is 0 Å². The summed E-state index contributed by atoms with van der Waals surface area (Å²) in [5, 5.41) is 68.0. The van der Waals surface area contributed by atoms with Crippen molar-refractivity contribution < 1.29 is 54.0 Å². The minimum atomic E-state index is -1.07. The van der Waals surface area contributed by atoms with Crippen LogP contribution in [-0.2, 0) is 22.3 Å². The van der Waals surface area contributed by atoms with Gasteiger partial charge in [0.1, 0.15) is 53.0 Å². The van der Waals surface area contributed by atoms with Crippen LogP contribution in [0.5, 0.6) is 40.2 Å². The summed E-state index contributed by atoms with van der Waals surface area (Å²) < 4.78 is 41.8. The van der Waals surface area contributed by atoms with Crippen molar-refractivity contribution in [2.24, 2.45) is 28.6 Å². The standard InChI is InChI=1S/C68H82N2O11/c1-3-41-32-51(42-13-10-15-46(72)30-42)44(33-56(41)74)29-45-31-49(79-48-16-4-5-17-48)35-53-62(75)55(38-78-63(45)53)60-57(18-12-27-76-2)80-64-50-20-19-47(73)34-52(50)59-36-54(64)65(60)81-58(21-26-71)61-43(14-11-28-77-59)37-69-68(70-61)40-66(22-6-7-23-66)39-67(68)24-8-9-25-67/h10,13,15,19-20,30-36,43,48,55,57-58,60-62,65,69-75H,3-9,12,16-18,21-29,37-40H2,1-2H3. The van der Waals surface area contributed by atoms with Gasteiger partial charge >= 0.3 is 0 Å². The number of fused-ring (bicyclic) bond motifs is 7. The second-order valence-electron chi connectivity index (χ2n) is 25.4. The molecule has 5 aromatic rings. The first-order valence-corrected chi connectivity index (χ1v) is 30.6. The molecule has 4 heterocycles. The molecule has 1 saturated heterocycles. The van der Waals surface area contributed by atoms with Gasteiger partial charge in [-0.1, -0.05) is 56.6 Å². The molecule has 4 aliphatic carbocycles. The number of hydrogen-bond donors (Lipinski definition) is 7. The van der Waals surface area contributed by atoms with Crippen molar-refractivity contribution in [3.63, 3.8) is 0 Å². The Labute approximate surface area is 477 Å². The Balaban J connectivity index is 0.941. The van der Waals surface area contributed by atoms with Crippen molar-refractivity contribution in [1.82, 2.24) is 10.6 Å². The molecule has 13 nitrogen and oxygen atoms in total. The molecule has 13 heteroatoms.